The Morgan fingerprint density at radius 1 is 1.05 bits per heavy atom. The van der Waals surface area contributed by atoms with Crippen molar-refractivity contribution in [2.24, 2.45) is 5.92 Å². The molecule has 1 atom stereocenters. The van der Waals surface area contributed by atoms with E-state index >= 15 is 0 Å². The van der Waals surface area contributed by atoms with Crippen LogP contribution in [0.2, 0.25) is 0 Å². The summed E-state index contributed by atoms with van der Waals surface area (Å²) >= 11 is 0. The van der Waals surface area contributed by atoms with Gasteiger partial charge in [0.15, 0.2) is 0 Å². The molecule has 0 bridgehead atoms. The van der Waals surface area contributed by atoms with E-state index in [1.165, 1.54) is 51.6 Å². The summed E-state index contributed by atoms with van der Waals surface area (Å²) in [5.74, 6) is 2.92. The molecule has 2 fully saturated rings. The monoisotopic (exact) mass is 262 g/mol. The second-order valence-corrected chi connectivity index (χ2v) is 6.33. The van der Waals surface area contributed by atoms with Gasteiger partial charge in [0.05, 0.1) is 6.54 Å². The van der Waals surface area contributed by atoms with E-state index in [-0.39, 0.29) is 0 Å². The van der Waals surface area contributed by atoms with Gasteiger partial charge in [0.1, 0.15) is 11.6 Å². The largest absolute Gasteiger partial charge is 0.298 e. The minimum Gasteiger partial charge on any atom is -0.298 e. The molecule has 0 spiro atoms. The van der Waals surface area contributed by atoms with Crippen LogP contribution < -0.4 is 0 Å². The Balaban J connectivity index is 1.61. The third kappa shape index (κ3) is 2.99. The van der Waals surface area contributed by atoms with Crippen molar-refractivity contribution in [1.29, 1.82) is 0 Å². The van der Waals surface area contributed by atoms with Gasteiger partial charge in [-0.1, -0.05) is 12.8 Å². The number of nitrogens with zero attached hydrogens (tertiary/aromatic N) is 4. The predicted molar refractivity (Wildman–Crippen MR) is 76.0 cm³/mol. The van der Waals surface area contributed by atoms with Crippen molar-refractivity contribution in [3.63, 3.8) is 0 Å². The fourth-order valence-electron chi connectivity index (χ4n) is 3.80. The zero-order chi connectivity index (χ0) is 13.2. The molecule has 0 aromatic carbocycles. The van der Waals surface area contributed by atoms with Crippen molar-refractivity contribution in [1.82, 2.24) is 19.7 Å². The Morgan fingerprint density at radius 3 is 2.53 bits per heavy atom. The van der Waals surface area contributed by atoms with Crippen molar-refractivity contribution >= 4 is 0 Å². The minimum atomic E-state index is 0.681. The SMILES string of the molecule is Cc1nc(C)n(CC2CCCN2CC2CCCC2)n1. The number of likely N-dealkylation sites (tertiary alicyclic amines) is 1. The van der Waals surface area contributed by atoms with Gasteiger partial charge in [-0.2, -0.15) is 5.10 Å². The highest BCUT2D eigenvalue weighted by atomic mass is 15.4. The molecule has 1 unspecified atom stereocenters. The fraction of sp³-hybridized carbons (Fsp3) is 0.867. The lowest BCUT2D eigenvalue weighted by molar-refractivity contribution is 0.194. The van der Waals surface area contributed by atoms with Crippen LogP contribution in [0, 0.1) is 19.8 Å². The van der Waals surface area contributed by atoms with Gasteiger partial charge in [0.2, 0.25) is 0 Å². The van der Waals surface area contributed by atoms with E-state index in [0.29, 0.717) is 6.04 Å². The highest BCUT2D eigenvalue weighted by Gasteiger charge is 2.28. The third-order valence-electron chi connectivity index (χ3n) is 4.81. The van der Waals surface area contributed by atoms with Gasteiger partial charge in [0.25, 0.3) is 0 Å². The standard InChI is InChI=1S/C15H26N4/c1-12-16-13(2)19(17-12)11-15-8-5-9-18(15)10-14-6-3-4-7-14/h14-15H,3-11H2,1-2H3. The van der Waals surface area contributed by atoms with Crippen molar-refractivity contribution in [2.75, 3.05) is 13.1 Å². The van der Waals surface area contributed by atoms with Crippen molar-refractivity contribution in [2.45, 2.75) is 65.0 Å². The smallest absolute Gasteiger partial charge is 0.147 e. The van der Waals surface area contributed by atoms with Gasteiger partial charge in [0, 0.05) is 12.6 Å². The Kier molecular flexibility index (Phi) is 3.87. The summed E-state index contributed by atoms with van der Waals surface area (Å²) in [7, 11) is 0. The molecule has 1 saturated carbocycles. The van der Waals surface area contributed by atoms with Crippen LogP contribution in [0.4, 0.5) is 0 Å². The van der Waals surface area contributed by atoms with Crippen LogP contribution >= 0.6 is 0 Å². The van der Waals surface area contributed by atoms with E-state index < -0.39 is 0 Å². The van der Waals surface area contributed by atoms with Gasteiger partial charge in [-0.05, 0) is 52.0 Å². The summed E-state index contributed by atoms with van der Waals surface area (Å²) in [5, 5.41) is 4.52. The molecule has 1 aromatic heterocycles. The van der Waals surface area contributed by atoms with Gasteiger partial charge >= 0.3 is 0 Å². The van der Waals surface area contributed by atoms with E-state index in [0.717, 1.165) is 24.1 Å². The normalized spacial score (nSPS) is 25.5. The maximum absolute atomic E-state index is 4.52. The summed E-state index contributed by atoms with van der Waals surface area (Å²) in [6, 6.07) is 0.681. The zero-order valence-corrected chi connectivity index (χ0v) is 12.3. The highest BCUT2D eigenvalue weighted by molar-refractivity contribution is 4.90. The molecule has 19 heavy (non-hydrogen) atoms. The van der Waals surface area contributed by atoms with Crippen LogP contribution in [0.5, 0.6) is 0 Å². The first-order valence-corrected chi connectivity index (χ1v) is 7.84. The number of hydrogen-bond donors (Lipinski definition) is 0. The topological polar surface area (TPSA) is 34.0 Å². The second-order valence-electron chi connectivity index (χ2n) is 6.33. The van der Waals surface area contributed by atoms with Crippen LogP contribution in [0.1, 0.15) is 50.2 Å². The minimum absolute atomic E-state index is 0.681. The summed E-state index contributed by atoms with van der Waals surface area (Å²) in [4.78, 5) is 7.13. The summed E-state index contributed by atoms with van der Waals surface area (Å²) in [6.07, 6.45) is 8.47. The second kappa shape index (κ2) is 5.61. The maximum atomic E-state index is 4.52. The molecule has 1 saturated heterocycles. The lowest BCUT2D eigenvalue weighted by Crippen LogP contribution is -2.36. The molecule has 1 aliphatic carbocycles. The van der Waals surface area contributed by atoms with Gasteiger partial charge in [-0.25, -0.2) is 9.67 Å². The quantitative estimate of drug-likeness (QED) is 0.836. The van der Waals surface area contributed by atoms with Gasteiger partial charge < -0.3 is 0 Å². The lowest BCUT2D eigenvalue weighted by atomic mass is 10.1. The van der Waals surface area contributed by atoms with Crippen LogP contribution in [-0.4, -0.2) is 38.8 Å². The molecule has 4 heteroatoms. The highest BCUT2D eigenvalue weighted by Crippen LogP contribution is 2.28. The van der Waals surface area contributed by atoms with Crippen LogP contribution in [0.15, 0.2) is 0 Å². The maximum Gasteiger partial charge on any atom is 0.147 e. The number of rotatable bonds is 4. The summed E-state index contributed by atoms with van der Waals surface area (Å²) in [6.45, 7) is 7.68. The van der Waals surface area contributed by atoms with Crippen molar-refractivity contribution < 1.29 is 0 Å². The molecule has 106 valence electrons. The molecule has 0 N–H and O–H groups in total. The Morgan fingerprint density at radius 2 is 1.84 bits per heavy atom. The summed E-state index contributed by atoms with van der Waals surface area (Å²) in [5.41, 5.74) is 0. The molecule has 4 nitrogen and oxygen atoms in total. The molecule has 1 aromatic rings. The Bertz CT molecular complexity index is 420. The van der Waals surface area contributed by atoms with E-state index in [1.807, 2.05) is 6.92 Å². The molecular weight excluding hydrogens is 236 g/mol. The Hall–Kier alpha value is -0.900. The van der Waals surface area contributed by atoms with Crippen LogP contribution in [0.3, 0.4) is 0 Å². The average molecular weight is 262 g/mol. The van der Waals surface area contributed by atoms with Crippen molar-refractivity contribution in [3.05, 3.63) is 11.6 Å². The van der Waals surface area contributed by atoms with Crippen LogP contribution in [-0.2, 0) is 6.54 Å². The van der Waals surface area contributed by atoms with E-state index in [2.05, 4.69) is 26.6 Å². The first kappa shape index (κ1) is 13.1. The number of aryl methyl sites for hydroxylation is 2. The molecule has 0 radical (unpaired) electrons. The molecule has 0 amide bonds. The fourth-order valence-corrected chi connectivity index (χ4v) is 3.80. The molecule has 3 rings (SSSR count). The average Bonchev–Trinajstić information content (AvgIpc) is 3.06. The zero-order valence-electron chi connectivity index (χ0n) is 12.3. The third-order valence-corrected chi connectivity index (χ3v) is 4.81. The number of aromatic nitrogens is 3. The van der Waals surface area contributed by atoms with Crippen molar-refractivity contribution in [3.8, 4) is 0 Å². The molecule has 2 aliphatic rings. The molecule has 1 aliphatic heterocycles. The van der Waals surface area contributed by atoms with Gasteiger partial charge in [-0.15, -0.1) is 0 Å². The Labute approximate surface area is 116 Å². The lowest BCUT2D eigenvalue weighted by Gasteiger charge is -2.27. The van der Waals surface area contributed by atoms with E-state index in [1.54, 1.807) is 0 Å². The molecule has 2 heterocycles. The predicted octanol–water partition coefficient (Wildman–Crippen LogP) is 2.55. The van der Waals surface area contributed by atoms with Gasteiger partial charge in [-0.3, -0.25) is 4.90 Å². The number of hydrogen-bond acceptors (Lipinski definition) is 3. The molecular formula is C15H26N4. The first-order valence-electron chi connectivity index (χ1n) is 7.84. The van der Waals surface area contributed by atoms with E-state index in [4.69, 9.17) is 0 Å². The first-order chi connectivity index (χ1) is 9.22. The van der Waals surface area contributed by atoms with E-state index in [9.17, 15) is 0 Å². The summed E-state index contributed by atoms with van der Waals surface area (Å²) < 4.78 is 2.10. The van der Waals surface area contributed by atoms with Crippen LogP contribution in [0.25, 0.3) is 0 Å².